The molecule has 1 fully saturated rings. The van der Waals surface area contributed by atoms with E-state index in [0.717, 1.165) is 25.9 Å². The molecular formula is C20H23N3O3. The SMILES string of the molecule is Cc1ccc(Nc2ccccc2C(=O)C2CCN(C)CC2)cc1[N+](=O)[O-]. The molecule has 0 amide bonds. The number of hydrogen-bond acceptors (Lipinski definition) is 5. The summed E-state index contributed by atoms with van der Waals surface area (Å²) in [5, 5.41) is 14.3. The van der Waals surface area contributed by atoms with Crippen LogP contribution in [-0.4, -0.2) is 35.7 Å². The number of anilines is 2. The van der Waals surface area contributed by atoms with Crippen LogP contribution in [0.15, 0.2) is 42.5 Å². The van der Waals surface area contributed by atoms with Crippen LogP contribution in [0.2, 0.25) is 0 Å². The number of carbonyl (C=O) groups excluding carboxylic acids is 1. The third-order valence-corrected chi connectivity index (χ3v) is 4.97. The summed E-state index contributed by atoms with van der Waals surface area (Å²) in [7, 11) is 2.07. The number of nitro groups is 1. The van der Waals surface area contributed by atoms with E-state index < -0.39 is 4.92 Å². The first kappa shape index (κ1) is 18.1. The number of nitrogens with one attached hydrogen (secondary N) is 1. The van der Waals surface area contributed by atoms with Crippen molar-refractivity contribution in [2.75, 3.05) is 25.5 Å². The number of ketones is 1. The van der Waals surface area contributed by atoms with E-state index in [4.69, 9.17) is 0 Å². The monoisotopic (exact) mass is 353 g/mol. The standard InChI is InChI=1S/C20H23N3O3/c1-14-7-8-16(13-19(14)23(25)26)21-18-6-4-3-5-17(18)20(24)15-9-11-22(2)12-10-15/h3-8,13,15,21H,9-12H2,1-2H3. The number of nitro benzene ring substituents is 1. The van der Waals surface area contributed by atoms with Gasteiger partial charge in [-0.05, 0) is 58.1 Å². The van der Waals surface area contributed by atoms with E-state index in [1.54, 1.807) is 19.1 Å². The highest BCUT2D eigenvalue weighted by Gasteiger charge is 2.26. The molecule has 1 heterocycles. The zero-order chi connectivity index (χ0) is 18.7. The number of carbonyl (C=O) groups is 1. The smallest absolute Gasteiger partial charge is 0.274 e. The Hall–Kier alpha value is -2.73. The summed E-state index contributed by atoms with van der Waals surface area (Å²) in [6.45, 7) is 3.56. The Morgan fingerprint density at radius 3 is 2.58 bits per heavy atom. The van der Waals surface area contributed by atoms with E-state index in [2.05, 4.69) is 17.3 Å². The second-order valence-corrected chi connectivity index (χ2v) is 6.87. The van der Waals surface area contributed by atoms with E-state index in [0.29, 0.717) is 22.5 Å². The van der Waals surface area contributed by atoms with Gasteiger partial charge >= 0.3 is 0 Å². The number of piperidine rings is 1. The summed E-state index contributed by atoms with van der Waals surface area (Å²) in [5.74, 6) is 0.171. The molecule has 0 bridgehead atoms. The fourth-order valence-electron chi connectivity index (χ4n) is 3.34. The van der Waals surface area contributed by atoms with Crippen LogP contribution in [0.1, 0.15) is 28.8 Å². The summed E-state index contributed by atoms with van der Waals surface area (Å²) < 4.78 is 0. The predicted molar refractivity (Wildman–Crippen MR) is 102 cm³/mol. The quantitative estimate of drug-likeness (QED) is 0.496. The summed E-state index contributed by atoms with van der Waals surface area (Å²) in [4.78, 5) is 26.0. The van der Waals surface area contributed by atoms with Gasteiger partial charge in [0.15, 0.2) is 5.78 Å². The molecule has 0 spiro atoms. The van der Waals surface area contributed by atoms with Crippen LogP contribution in [0.25, 0.3) is 0 Å². The fraction of sp³-hybridized carbons (Fsp3) is 0.350. The maximum atomic E-state index is 13.0. The minimum absolute atomic E-state index is 0.0292. The van der Waals surface area contributed by atoms with Gasteiger partial charge < -0.3 is 10.2 Å². The van der Waals surface area contributed by atoms with Crippen LogP contribution in [0, 0.1) is 23.0 Å². The summed E-state index contributed by atoms with van der Waals surface area (Å²) in [5.41, 5.74) is 2.61. The van der Waals surface area contributed by atoms with Crippen LogP contribution in [-0.2, 0) is 0 Å². The number of hydrogen-bond donors (Lipinski definition) is 1. The average Bonchev–Trinajstić information content (AvgIpc) is 2.63. The maximum Gasteiger partial charge on any atom is 0.274 e. The third-order valence-electron chi connectivity index (χ3n) is 4.97. The topological polar surface area (TPSA) is 75.5 Å². The van der Waals surface area contributed by atoms with Crippen LogP contribution in [0.5, 0.6) is 0 Å². The van der Waals surface area contributed by atoms with Crippen molar-refractivity contribution >= 4 is 22.8 Å². The number of nitrogens with zero attached hydrogens (tertiary/aromatic N) is 2. The molecule has 6 nitrogen and oxygen atoms in total. The van der Waals surface area contributed by atoms with Crippen molar-refractivity contribution in [1.29, 1.82) is 0 Å². The summed E-state index contributed by atoms with van der Waals surface area (Å²) >= 11 is 0. The lowest BCUT2D eigenvalue weighted by molar-refractivity contribution is -0.385. The molecule has 3 rings (SSSR count). The molecular weight excluding hydrogens is 330 g/mol. The van der Waals surface area contributed by atoms with Crippen LogP contribution in [0.3, 0.4) is 0 Å². The normalized spacial score (nSPS) is 15.6. The van der Waals surface area contributed by atoms with Crippen LogP contribution in [0.4, 0.5) is 17.1 Å². The largest absolute Gasteiger partial charge is 0.355 e. The minimum atomic E-state index is -0.393. The first-order valence-electron chi connectivity index (χ1n) is 8.79. The molecule has 2 aromatic carbocycles. The van der Waals surface area contributed by atoms with Crippen LogP contribution < -0.4 is 5.32 Å². The van der Waals surface area contributed by atoms with Gasteiger partial charge in [0.05, 0.1) is 4.92 Å². The molecule has 0 unspecified atom stereocenters. The Bertz CT molecular complexity index is 827. The van der Waals surface area contributed by atoms with Gasteiger partial charge in [-0.25, -0.2) is 0 Å². The zero-order valence-electron chi connectivity index (χ0n) is 15.1. The van der Waals surface area contributed by atoms with Crippen molar-refractivity contribution in [3.8, 4) is 0 Å². The number of rotatable bonds is 5. The highest BCUT2D eigenvalue weighted by Crippen LogP contribution is 2.29. The van der Waals surface area contributed by atoms with Crippen molar-refractivity contribution in [3.63, 3.8) is 0 Å². The summed E-state index contributed by atoms with van der Waals surface area (Å²) in [6, 6.07) is 12.4. The molecule has 136 valence electrons. The van der Waals surface area contributed by atoms with Gasteiger partial charge in [-0.15, -0.1) is 0 Å². The maximum absolute atomic E-state index is 13.0. The lowest BCUT2D eigenvalue weighted by Crippen LogP contribution is -2.33. The third kappa shape index (κ3) is 3.91. The lowest BCUT2D eigenvalue weighted by atomic mass is 9.88. The number of benzene rings is 2. The number of aryl methyl sites for hydroxylation is 1. The first-order valence-corrected chi connectivity index (χ1v) is 8.79. The Kier molecular flexibility index (Phi) is 5.32. The summed E-state index contributed by atoms with van der Waals surface area (Å²) in [6.07, 6.45) is 1.72. The van der Waals surface area contributed by atoms with Crippen molar-refractivity contribution < 1.29 is 9.72 Å². The van der Waals surface area contributed by atoms with Crippen molar-refractivity contribution in [3.05, 3.63) is 63.7 Å². The van der Waals surface area contributed by atoms with E-state index >= 15 is 0 Å². The van der Waals surface area contributed by atoms with Gasteiger partial charge in [-0.3, -0.25) is 14.9 Å². The highest BCUT2D eigenvalue weighted by atomic mass is 16.6. The van der Waals surface area contributed by atoms with E-state index in [9.17, 15) is 14.9 Å². The molecule has 6 heteroatoms. The zero-order valence-corrected chi connectivity index (χ0v) is 15.1. The fourth-order valence-corrected chi connectivity index (χ4v) is 3.34. The van der Waals surface area contributed by atoms with Gasteiger partial charge in [0.2, 0.25) is 0 Å². The number of likely N-dealkylation sites (tertiary alicyclic amines) is 1. The van der Waals surface area contributed by atoms with Crippen molar-refractivity contribution in [2.24, 2.45) is 5.92 Å². The number of para-hydroxylation sites is 1. The molecule has 0 atom stereocenters. The van der Waals surface area contributed by atoms with Gasteiger partial charge in [-0.2, -0.15) is 0 Å². The van der Waals surface area contributed by atoms with Gasteiger partial charge in [-0.1, -0.05) is 18.2 Å². The Morgan fingerprint density at radius 2 is 1.88 bits per heavy atom. The molecule has 0 aliphatic carbocycles. The molecule has 1 N–H and O–H groups in total. The Balaban J connectivity index is 1.85. The Morgan fingerprint density at radius 1 is 1.19 bits per heavy atom. The van der Waals surface area contributed by atoms with E-state index in [1.165, 1.54) is 6.07 Å². The van der Waals surface area contributed by atoms with Crippen molar-refractivity contribution in [1.82, 2.24) is 4.90 Å². The molecule has 0 radical (unpaired) electrons. The predicted octanol–water partition coefficient (Wildman–Crippen LogP) is 4.17. The molecule has 2 aromatic rings. The average molecular weight is 353 g/mol. The van der Waals surface area contributed by atoms with E-state index in [-0.39, 0.29) is 17.4 Å². The van der Waals surface area contributed by atoms with Crippen LogP contribution >= 0.6 is 0 Å². The van der Waals surface area contributed by atoms with Gasteiger partial charge in [0.1, 0.15) is 0 Å². The first-order chi connectivity index (χ1) is 12.5. The lowest BCUT2D eigenvalue weighted by Gasteiger charge is -2.28. The highest BCUT2D eigenvalue weighted by molar-refractivity contribution is 6.03. The number of Topliss-reactive ketones (excluding diaryl/α,β-unsaturated/α-hetero) is 1. The van der Waals surface area contributed by atoms with Gasteiger partial charge in [0.25, 0.3) is 5.69 Å². The van der Waals surface area contributed by atoms with E-state index in [1.807, 2.05) is 24.3 Å². The Labute approximate surface area is 153 Å². The van der Waals surface area contributed by atoms with Crippen molar-refractivity contribution in [2.45, 2.75) is 19.8 Å². The molecule has 26 heavy (non-hydrogen) atoms. The molecule has 1 aliphatic rings. The minimum Gasteiger partial charge on any atom is -0.355 e. The second kappa shape index (κ2) is 7.66. The molecule has 0 aromatic heterocycles. The molecule has 1 saturated heterocycles. The molecule has 1 aliphatic heterocycles. The second-order valence-electron chi connectivity index (χ2n) is 6.87. The van der Waals surface area contributed by atoms with Gasteiger partial charge in [0, 0.05) is 34.5 Å². The molecule has 0 saturated carbocycles.